The van der Waals surface area contributed by atoms with E-state index in [1.807, 2.05) is 38.1 Å². The molecule has 152 valence electrons. The molecular formula is C21H25F3N2O2. The molecule has 1 atom stereocenters. The maximum absolute atomic E-state index is 12.4. The molecule has 2 aromatic rings. The SMILES string of the molecule is CC(C)Oc1ccc([C@H](c2ccc(OC(F)(F)F)cc2)N2CCNCC2)cc1. The molecule has 4 nitrogen and oxygen atoms in total. The molecule has 0 aliphatic carbocycles. The molecule has 2 aromatic carbocycles. The van der Waals surface area contributed by atoms with Gasteiger partial charge < -0.3 is 14.8 Å². The summed E-state index contributed by atoms with van der Waals surface area (Å²) in [5, 5.41) is 3.33. The summed E-state index contributed by atoms with van der Waals surface area (Å²) in [5.74, 6) is 0.586. The lowest BCUT2D eigenvalue weighted by atomic mass is 9.96. The van der Waals surface area contributed by atoms with E-state index in [0.29, 0.717) is 0 Å². The summed E-state index contributed by atoms with van der Waals surface area (Å²) in [4.78, 5) is 2.33. The van der Waals surface area contributed by atoms with Gasteiger partial charge >= 0.3 is 6.36 Å². The summed E-state index contributed by atoms with van der Waals surface area (Å²) in [6, 6.07) is 14.0. The van der Waals surface area contributed by atoms with Crippen molar-refractivity contribution in [1.29, 1.82) is 0 Å². The highest BCUT2D eigenvalue weighted by atomic mass is 19.4. The summed E-state index contributed by atoms with van der Waals surface area (Å²) in [5.41, 5.74) is 2.00. The van der Waals surface area contributed by atoms with Crippen molar-refractivity contribution < 1.29 is 22.6 Å². The van der Waals surface area contributed by atoms with Crippen molar-refractivity contribution in [3.63, 3.8) is 0 Å². The molecule has 1 fully saturated rings. The number of hydrogen-bond donors (Lipinski definition) is 1. The zero-order valence-corrected chi connectivity index (χ0v) is 16.0. The smallest absolute Gasteiger partial charge is 0.491 e. The third-order valence-electron chi connectivity index (χ3n) is 4.51. The summed E-state index contributed by atoms with van der Waals surface area (Å²) < 4.78 is 47.0. The van der Waals surface area contributed by atoms with Gasteiger partial charge in [-0.15, -0.1) is 13.2 Å². The van der Waals surface area contributed by atoms with Gasteiger partial charge in [0, 0.05) is 26.2 Å². The molecule has 0 aromatic heterocycles. The van der Waals surface area contributed by atoms with Crippen LogP contribution in [0.15, 0.2) is 48.5 Å². The number of hydrogen-bond acceptors (Lipinski definition) is 4. The second kappa shape index (κ2) is 8.84. The van der Waals surface area contributed by atoms with Crippen LogP contribution in [0, 0.1) is 0 Å². The minimum Gasteiger partial charge on any atom is -0.491 e. The number of rotatable bonds is 6. The molecule has 1 aliphatic heterocycles. The molecule has 0 unspecified atom stereocenters. The van der Waals surface area contributed by atoms with E-state index in [9.17, 15) is 13.2 Å². The Kier molecular flexibility index (Phi) is 6.46. The summed E-state index contributed by atoms with van der Waals surface area (Å²) in [6.07, 6.45) is -4.60. The van der Waals surface area contributed by atoms with Crippen LogP contribution < -0.4 is 14.8 Å². The van der Waals surface area contributed by atoms with Gasteiger partial charge in [0.05, 0.1) is 12.1 Å². The molecule has 1 heterocycles. The fourth-order valence-electron chi connectivity index (χ4n) is 3.41. The van der Waals surface area contributed by atoms with Crippen LogP contribution in [0.25, 0.3) is 0 Å². The van der Waals surface area contributed by atoms with E-state index in [0.717, 1.165) is 43.1 Å². The van der Waals surface area contributed by atoms with Gasteiger partial charge in [0.25, 0.3) is 0 Å². The Hall–Kier alpha value is -2.25. The molecule has 28 heavy (non-hydrogen) atoms. The van der Waals surface area contributed by atoms with Gasteiger partial charge in [-0.1, -0.05) is 24.3 Å². The lowest BCUT2D eigenvalue weighted by Gasteiger charge is -2.35. The van der Waals surface area contributed by atoms with E-state index >= 15 is 0 Å². The monoisotopic (exact) mass is 394 g/mol. The maximum atomic E-state index is 12.4. The Morgan fingerprint density at radius 2 is 1.36 bits per heavy atom. The molecule has 1 aliphatic rings. The lowest BCUT2D eigenvalue weighted by molar-refractivity contribution is -0.274. The van der Waals surface area contributed by atoms with Crippen molar-refractivity contribution in [2.45, 2.75) is 32.4 Å². The number of halogens is 3. The molecule has 1 saturated heterocycles. The zero-order valence-electron chi connectivity index (χ0n) is 16.0. The van der Waals surface area contributed by atoms with Gasteiger partial charge in [0.2, 0.25) is 0 Å². The molecule has 0 radical (unpaired) electrons. The first-order valence-corrected chi connectivity index (χ1v) is 9.39. The van der Waals surface area contributed by atoms with E-state index in [4.69, 9.17) is 4.74 Å². The van der Waals surface area contributed by atoms with Crippen LogP contribution in [0.2, 0.25) is 0 Å². The summed E-state index contributed by atoms with van der Waals surface area (Å²) in [6.45, 7) is 7.41. The number of ether oxygens (including phenoxy) is 2. The highest BCUT2D eigenvalue weighted by molar-refractivity contribution is 5.38. The normalized spacial score (nSPS) is 16.8. The van der Waals surface area contributed by atoms with Gasteiger partial charge in [-0.3, -0.25) is 4.90 Å². The van der Waals surface area contributed by atoms with Crippen molar-refractivity contribution in [1.82, 2.24) is 10.2 Å². The van der Waals surface area contributed by atoms with E-state index in [1.165, 1.54) is 12.1 Å². The molecular weight excluding hydrogens is 369 g/mol. The van der Waals surface area contributed by atoms with Gasteiger partial charge in [0.1, 0.15) is 11.5 Å². The number of benzene rings is 2. The van der Waals surface area contributed by atoms with Gasteiger partial charge in [-0.05, 0) is 49.2 Å². The first-order valence-electron chi connectivity index (χ1n) is 9.39. The minimum atomic E-state index is -4.69. The number of alkyl halides is 3. The van der Waals surface area contributed by atoms with E-state index in [2.05, 4.69) is 15.0 Å². The van der Waals surface area contributed by atoms with Crippen molar-refractivity contribution in [3.05, 3.63) is 59.7 Å². The van der Waals surface area contributed by atoms with E-state index < -0.39 is 6.36 Å². The number of nitrogens with zero attached hydrogens (tertiary/aromatic N) is 1. The van der Waals surface area contributed by atoms with Crippen molar-refractivity contribution in [3.8, 4) is 11.5 Å². The standard InChI is InChI=1S/C21H25F3N2O2/c1-15(2)27-18-7-3-16(4-8-18)20(26-13-11-25-12-14-26)17-5-9-19(10-6-17)28-21(22,23)24/h3-10,15,20,25H,11-14H2,1-2H3/t20-/m1/s1. The molecule has 0 spiro atoms. The largest absolute Gasteiger partial charge is 0.573 e. The first kappa shape index (κ1) is 20.5. The fraction of sp³-hybridized carbons (Fsp3) is 0.429. The van der Waals surface area contributed by atoms with E-state index in [-0.39, 0.29) is 17.9 Å². The Labute approximate surface area is 163 Å². The average Bonchev–Trinajstić information content (AvgIpc) is 2.64. The van der Waals surface area contributed by atoms with Crippen LogP contribution in [0.1, 0.15) is 31.0 Å². The van der Waals surface area contributed by atoms with Crippen LogP contribution in [0.4, 0.5) is 13.2 Å². The predicted octanol–water partition coefficient (Wildman–Crippen LogP) is 4.37. The second-order valence-electron chi connectivity index (χ2n) is 7.04. The molecule has 0 saturated carbocycles. The number of piperazine rings is 1. The Morgan fingerprint density at radius 3 is 1.82 bits per heavy atom. The minimum absolute atomic E-state index is 0.0462. The Bertz CT molecular complexity index is 740. The summed E-state index contributed by atoms with van der Waals surface area (Å²) in [7, 11) is 0. The molecule has 1 N–H and O–H groups in total. The topological polar surface area (TPSA) is 33.7 Å². The van der Waals surface area contributed by atoms with Crippen molar-refractivity contribution >= 4 is 0 Å². The molecule has 0 amide bonds. The summed E-state index contributed by atoms with van der Waals surface area (Å²) >= 11 is 0. The van der Waals surface area contributed by atoms with Crippen molar-refractivity contribution in [2.75, 3.05) is 26.2 Å². The van der Waals surface area contributed by atoms with Gasteiger partial charge in [-0.25, -0.2) is 0 Å². The van der Waals surface area contributed by atoms with Crippen molar-refractivity contribution in [2.24, 2.45) is 0 Å². The Morgan fingerprint density at radius 1 is 0.857 bits per heavy atom. The molecule has 3 rings (SSSR count). The third kappa shape index (κ3) is 5.62. The van der Waals surface area contributed by atoms with Crippen LogP contribution in [0.5, 0.6) is 11.5 Å². The zero-order chi connectivity index (χ0) is 20.1. The molecule has 7 heteroatoms. The highest BCUT2D eigenvalue weighted by Crippen LogP contribution is 2.32. The quantitative estimate of drug-likeness (QED) is 0.789. The third-order valence-corrected chi connectivity index (χ3v) is 4.51. The predicted molar refractivity (Wildman–Crippen MR) is 102 cm³/mol. The fourth-order valence-corrected chi connectivity index (χ4v) is 3.41. The maximum Gasteiger partial charge on any atom is 0.573 e. The first-order chi connectivity index (χ1) is 13.3. The van der Waals surface area contributed by atoms with Crippen LogP contribution in [0.3, 0.4) is 0 Å². The van der Waals surface area contributed by atoms with Crippen LogP contribution >= 0.6 is 0 Å². The van der Waals surface area contributed by atoms with E-state index in [1.54, 1.807) is 12.1 Å². The Balaban J connectivity index is 1.86. The van der Waals surface area contributed by atoms with Gasteiger partial charge in [0.15, 0.2) is 0 Å². The highest BCUT2D eigenvalue weighted by Gasteiger charge is 2.31. The van der Waals surface area contributed by atoms with Crippen LogP contribution in [-0.2, 0) is 0 Å². The second-order valence-corrected chi connectivity index (χ2v) is 7.04. The lowest BCUT2D eigenvalue weighted by Crippen LogP contribution is -2.45. The molecule has 0 bridgehead atoms. The van der Waals surface area contributed by atoms with Crippen LogP contribution in [-0.4, -0.2) is 43.5 Å². The van der Waals surface area contributed by atoms with Gasteiger partial charge in [-0.2, -0.15) is 0 Å². The number of nitrogens with one attached hydrogen (secondary N) is 1. The average molecular weight is 394 g/mol.